The van der Waals surface area contributed by atoms with Crippen molar-refractivity contribution in [1.82, 2.24) is 9.78 Å². The number of halogens is 1. The van der Waals surface area contributed by atoms with E-state index in [1.54, 1.807) is 32.4 Å². The van der Waals surface area contributed by atoms with E-state index in [0.717, 1.165) is 11.1 Å². The molecule has 3 rings (SSSR count). The van der Waals surface area contributed by atoms with Gasteiger partial charge in [-0.2, -0.15) is 5.10 Å². The van der Waals surface area contributed by atoms with Crippen LogP contribution in [0.5, 0.6) is 11.5 Å². The molecule has 6 heteroatoms. The lowest BCUT2D eigenvalue weighted by Crippen LogP contribution is -2.22. The van der Waals surface area contributed by atoms with Gasteiger partial charge in [0.05, 0.1) is 26.5 Å². The quantitative estimate of drug-likeness (QED) is 0.700. The Morgan fingerprint density at radius 1 is 0.960 bits per heavy atom. The first-order valence-corrected chi connectivity index (χ1v) is 8.03. The zero-order valence-electron chi connectivity index (χ0n) is 13.9. The van der Waals surface area contributed by atoms with E-state index >= 15 is 0 Å². The predicted molar refractivity (Wildman–Crippen MR) is 97.6 cm³/mol. The summed E-state index contributed by atoms with van der Waals surface area (Å²) in [6.45, 7) is 0.372. The highest BCUT2D eigenvalue weighted by Crippen LogP contribution is 2.31. The molecule has 25 heavy (non-hydrogen) atoms. The Morgan fingerprint density at radius 2 is 1.68 bits per heavy atom. The Kier molecular flexibility index (Phi) is 5.05. The van der Waals surface area contributed by atoms with E-state index in [0.29, 0.717) is 28.8 Å². The molecule has 0 fully saturated rings. The second-order valence-corrected chi connectivity index (χ2v) is 5.85. The molecule has 0 spiro atoms. The van der Waals surface area contributed by atoms with Gasteiger partial charge < -0.3 is 9.47 Å². The van der Waals surface area contributed by atoms with Crippen LogP contribution in [0.15, 0.2) is 59.4 Å². The largest absolute Gasteiger partial charge is 0.493 e. The topological polar surface area (TPSA) is 53.4 Å². The second-order valence-electron chi connectivity index (χ2n) is 5.41. The van der Waals surface area contributed by atoms with Crippen LogP contribution in [0.4, 0.5) is 0 Å². The van der Waals surface area contributed by atoms with Gasteiger partial charge in [-0.05, 0) is 42.0 Å². The van der Waals surface area contributed by atoms with Crippen LogP contribution in [0.1, 0.15) is 5.56 Å². The maximum Gasteiger partial charge on any atom is 0.267 e. The van der Waals surface area contributed by atoms with Crippen molar-refractivity contribution < 1.29 is 9.47 Å². The molecular weight excluding hydrogens is 340 g/mol. The molecule has 0 saturated heterocycles. The molecule has 0 amide bonds. The van der Waals surface area contributed by atoms with Crippen molar-refractivity contribution in [2.75, 3.05) is 14.2 Å². The molecule has 0 aliphatic rings. The molecule has 0 bridgehead atoms. The average Bonchev–Trinajstić information content (AvgIpc) is 2.64. The van der Waals surface area contributed by atoms with Crippen molar-refractivity contribution in [3.63, 3.8) is 0 Å². The van der Waals surface area contributed by atoms with Crippen LogP contribution in [0.2, 0.25) is 5.02 Å². The van der Waals surface area contributed by atoms with Crippen LogP contribution in [0.3, 0.4) is 0 Å². The lowest BCUT2D eigenvalue weighted by Gasteiger charge is -2.11. The van der Waals surface area contributed by atoms with Crippen molar-refractivity contribution in [2.45, 2.75) is 6.54 Å². The molecule has 2 aromatic carbocycles. The van der Waals surface area contributed by atoms with Crippen molar-refractivity contribution in [2.24, 2.45) is 0 Å². The van der Waals surface area contributed by atoms with Gasteiger partial charge in [-0.3, -0.25) is 4.79 Å². The minimum Gasteiger partial charge on any atom is -0.493 e. The zero-order valence-corrected chi connectivity index (χ0v) is 14.7. The van der Waals surface area contributed by atoms with E-state index in [2.05, 4.69) is 5.10 Å². The number of methoxy groups -OCH3 is 2. The number of hydrogen-bond acceptors (Lipinski definition) is 4. The minimum absolute atomic E-state index is 0.167. The summed E-state index contributed by atoms with van der Waals surface area (Å²) in [4.78, 5) is 12.1. The molecule has 0 unspecified atom stereocenters. The van der Waals surface area contributed by atoms with Gasteiger partial charge in [-0.15, -0.1) is 0 Å². The Balaban J connectivity index is 1.96. The fraction of sp³-hybridized carbons (Fsp3) is 0.158. The van der Waals surface area contributed by atoms with Gasteiger partial charge in [0.1, 0.15) is 0 Å². The van der Waals surface area contributed by atoms with Gasteiger partial charge in [0.15, 0.2) is 11.5 Å². The molecule has 5 nitrogen and oxygen atoms in total. The summed E-state index contributed by atoms with van der Waals surface area (Å²) in [7, 11) is 3.17. The van der Waals surface area contributed by atoms with Gasteiger partial charge in [-0.1, -0.05) is 23.7 Å². The Morgan fingerprint density at radius 3 is 2.36 bits per heavy atom. The van der Waals surface area contributed by atoms with Gasteiger partial charge in [0.2, 0.25) is 0 Å². The maximum absolute atomic E-state index is 12.1. The van der Waals surface area contributed by atoms with E-state index in [9.17, 15) is 4.79 Å². The summed E-state index contributed by atoms with van der Waals surface area (Å²) >= 11 is 5.90. The van der Waals surface area contributed by atoms with Gasteiger partial charge in [-0.25, -0.2) is 4.68 Å². The first-order valence-electron chi connectivity index (χ1n) is 7.65. The van der Waals surface area contributed by atoms with Crippen LogP contribution in [0.25, 0.3) is 11.3 Å². The summed E-state index contributed by atoms with van der Waals surface area (Å²) in [5, 5.41) is 5.12. The monoisotopic (exact) mass is 356 g/mol. The van der Waals surface area contributed by atoms with Crippen LogP contribution < -0.4 is 15.0 Å². The third-order valence-electron chi connectivity index (χ3n) is 3.79. The van der Waals surface area contributed by atoms with Crippen molar-refractivity contribution in [1.29, 1.82) is 0 Å². The molecule has 3 aromatic rings. The average molecular weight is 357 g/mol. The van der Waals surface area contributed by atoms with E-state index in [1.165, 1.54) is 10.7 Å². The molecule has 0 aliphatic heterocycles. The Labute approximate surface area is 150 Å². The molecule has 0 N–H and O–H groups in total. The number of aromatic nitrogens is 2. The first-order chi connectivity index (χ1) is 12.1. The molecule has 128 valence electrons. The zero-order chi connectivity index (χ0) is 17.8. The van der Waals surface area contributed by atoms with Crippen molar-refractivity contribution in [3.05, 3.63) is 75.5 Å². The smallest absolute Gasteiger partial charge is 0.267 e. The molecular formula is C19H17ClN2O3. The van der Waals surface area contributed by atoms with Crippen LogP contribution in [-0.2, 0) is 6.54 Å². The number of rotatable bonds is 5. The first kappa shape index (κ1) is 17.0. The number of ether oxygens (including phenoxy) is 2. The summed E-state index contributed by atoms with van der Waals surface area (Å²) in [6.07, 6.45) is 0. The second kappa shape index (κ2) is 7.40. The fourth-order valence-corrected chi connectivity index (χ4v) is 2.60. The van der Waals surface area contributed by atoms with E-state index < -0.39 is 0 Å². The Hall–Kier alpha value is -2.79. The van der Waals surface area contributed by atoms with Crippen LogP contribution >= 0.6 is 11.6 Å². The standard InChI is InChI=1S/C19H17ClN2O3/c1-24-17-9-5-14(11-18(17)25-2)16-8-10-19(23)22(21-16)12-13-3-6-15(20)7-4-13/h3-11H,12H2,1-2H3. The number of benzene rings is 2. The SMILES string of the molecule is COc1ccc(-c2ccc(=O)n(Cc3ccc(Cl)cc3)n2)cc1OC. The summed E-state index contributed by atoms with van der Waals surface area (Å²) < 4.78 is 12.0. The highest BCUT2D eigenvalue weighted by molar-refractivity contribution is 6.30. The predicted octanol–water partition coefficient (Wildman–Crippen LogP) is 3.63. The van der Waals surface area contributed by atoms with Crippen LogP contribution in [0, 0.1) is 0 Å². The van der Waals surface area contributed by atoms with Crippen LogP contribution in [-0.4, -0.2) is 24.0 Å². The highest BCUT2D eigenvalue weighted by Gasteiger charge is 2.09. The van der Waals surface area contributed by atoms with E-state index in [4.69, 9.17) is 21.1 Å². The molecule has 0 aliphatic carbocycles. The molecule has 1 heterocycles. The summed E-state index contributed by atoms with van der Waals surface area (Å²) in [6, 6.07) is 16.1. The molecule has 0 atom stereocenters. The number of nitrogens with zero attached hydrogens (tertiary/aromatic N) is 2. The molecule has 0 radical (unpaired) electrons. The third-order valence-corrected chi connectivity index (χ3v) is 4.04. The van der Waals surface area contributed by atoms with E-state index in [1.807, 2.05) is 30.3 Å². The van der Waals surface area contributed by atoms with Crippen molar-refractivity contribution >= 4 is 11.6 Å². The van der Waals surface area contributed by atoms with Gasteiger partial charge in [0.25, 0.3) is 5.56 Å². The lowest BCUT2D eigenvalue weighted by atomic mass is 10.1. The molecule has 0 saturated carbocycles. The van der Waals surface area contributed by atoms with E-state index in [-0.39, 0.29) is 5.56 Å². The maximum atomic E-state index is 12.1. The third kappa shape index (κ3) is 3.83. The van der Waals surface area contributed by atoms with Crippen molar-refractivity contribution in [3.8, 4) is 22.8 Å². The molecule has 1 aromatic heterocycles. The summed E-state index contributed by atoms with van der Waals surface area (Å²) in [5.41, 5.74) is 2.29. The lowest BCUT2D eigenvalue weighted by molar-refractivity contribution is 0.355. The Bertz CT molecular complexity index is 936. The summed E-state index contributed by atoms with van der Waals surface area (Å²) in [5.74, 6) is 1.25. The number of hydrogen-bond donors (Lipinski definition) is 0. The normalized spacial score (nSPS) is 10.5. The minimum atomic E-state index is -0.167. The van der Waals surface area contributed by atoms with Gasteiger partial charge >= 0.3 is 0 Å². The van der Waals surface area contributed by atoms with Gasteiger partial charge in [0, 0.05) is 16.7 Å². The fourth-order valence-electron chi connectivity index (χ4n) is 2.47. The highest BCUT2D eigenvalue weighted by atomic mass is 35.5.